The third kappa shape index (κ3) is 7.33. The highest BCUT2D eigenvalue weighted by atomic mass is 15.1. The SMILES string of the molecule is C=Cc1c(C)c2cc(C(C)(C)C)ccc2n1-c1c(C#N)c(-n2c3ccc(C(C)(C)C)cc3c3cc(C(C)(C)C)ccc32)c(C#N)c(-n2c3ccc(C(C)(C)C)cc3c3cc(C(C)(C)C)ccc32)c1C#N. The molecule has 0 atom stereocenters. The Labute approximate surface area is 414 Å². The van der Waals surface area contributed by atoms with Crippen LogP contribution in [0.3, 0.4) is 0 Å². The Hall–Kier alpha value is -7.33. The van der Waals surface area contributed by atoms with Crippen molar-refractivity contribution in [3.05, 3.63) is 153 Å². The average molecular weight is 919 g/mol. The minimum Gasteiger partial charge on any atom is -0.307 e. The van der Waals surface area contributed by atoms with E-state index >= 15 is 0 Å². The highest BCUT2D eigenvalue weighted by molar-refractivity contribution is 6.12. The summed E-state index contributed by atoms with van der Waals surface area (Å²) in [5.41, 5.74) is 13.2. The molecule has 6 nitrogen and oxygen atoms in total. The predicted molar refractivity (Wildman–Crippen MR) is 294 cm³/mol. The Morgan fingerprint density at radius 1 is 0.371 bits per heavy atom. The topological polar surface area (TPSA) is 86.2 Å². The number of hydrogen-bond acceptors (Lipinski definition) is 3. The molecule has 0 amide bonds. The molecule has 0 aliphatic heterocycles. The van der Waals surface area contributed by atoms with Crippen molar-refractivity contribution in [3.63, 3.8) is 0 Å². The van der Waals surface area contributed by atoms with Gasteiger partial charge in [-0.25, -0.2) is 0 Å². The number of aryl methyl sites for hydroxylation is 1. The summed E-state index contributed by atoms with van der Waals surface area (Å²) in [6.07, 6.45) is 1.83. The number of rotatable bonds is 4. The van der Waals surface area contributed by atoms with Gasteiger partial charge in [-0.05, 0) is 134 Å². The lowest BCUT2D eigenvalue weighted by Gasteiger charge is -2.24. The monoisotopic (exact) mass is 919 g/mol. The average Bonchev–Trinajstić information content (AvgIpc) is 3.89. The number of benzene rings is 6. The Morgan fingerprint density at radius 2 is 0.600 bits per heavy atom. The normalized spacial score (nSPS) is 12.9. The summed E-state index contributed by atoms with van der Waals surface area (Å²) < 4.78 is 6.31. The molecule has 3 aromatic heterocycles. The van der Waals surface area contributed by atoms with Crippen LogP contribution in [0.4, 0.5) is 0 Å². The fourth-order valence-electron chi connectivity index (χ4n) is 10.5. The first-order valence-corrected chi connectivity index (χ1v) is 24.6. The molecule has 9 rings (SSSR count). The molecule has 3 heterocycles. The van der Waals surface area contributed by atoms with Crippen LogP contribution in [0.25, 0.3) is 77.7 Å². The lowest BCUT2D eigenvalue weighted by atomic mass is 9.85. The third-order valence-electron chi connectivity index (χ3n) is 14.7. The molecular formula is C64H66N6. The first-order valence-electron chi connectivity index (χ1n) is 24.6. The highest BCUT2D eigenvalue weighted by Crippen LogP contribution is 2.47. The largest absolute Gasteiger partial charge is 0.307 e. The van der Waals surface area contributed by atoms with E-state index in [9.17, 15) is 15.8 Å². The summed E-state index contributed by atoms with van der Waals surface area (Å²) in [7, 11) is 0. The number of nitriles is 3. The van der Waals surface area contributed by atoms with Crippen molar-refractivity contribution in [1.82, 2.24) is 13.7 Å². The van der Waals surface area contributed by atoms with E-state index in [-0.39, 0.29) is 43.8 Å². The Kier molecular flexibility index (Phi) is 10.8. The van der Waals surface area contributed by atoms with Crippen molar-refractivity contribution in [1.29, 1.82) is 15.8 Å². The van der Waals surface area contributed by atoms with Crippen molar-refractivity contribution < 1.29 is 0 Å². The van der Waals surface area contributed by atoms with E-state index in [2.05, 4.69) is 240 Å². The van der Waals surface area contributed by atoms with Crippen molar-refractivity contribution in [2.24, 2.45) is 0 Å². The van der Waals surface area contributed by atoms with Gasteiger partial charge < -0.3 is 13.7 Å². The number of aromatic nitrogens is 3. The van der Waals surface area contributed by atoms with Crippen LogP contribution in [-0.4, -0.2) is 13.7 Å². The second-order valence-electron chi connectivity index (χ2n) is 24.6. The fraction of sp³-hybridized carbons (Fsp3) is 0.328. The molecule has 352 valence electrons. The van der Waals surface area contributed by atoms with Gasteiger partial charge in [-0.3, -0.25) is 0 Å². The summed E-state index contributed by atoms with van der Waals surface area (Å²) in [5, 5.41) is 41.1. The first-order chi connectivity index (χ1) is 32.6. The molecule has 0 unspecified atom stereocenters. The quantitative estimate of drug-likeness (QED) is 0.176. The van der Waals surface area contributed by atoms with Gasteiger partial charge in [0.25, 0.3) is 0 Å². The number of fused-ring (bicyclic) bond motifs is 7. The van der Waals surface area contributed by atoms with E-state index in [0.29, 0.717) is 17.1 Å². The van der Waals surface area contributed by atoms with Crippen LogP contribution >= 0.6 is 0 Å². The van der Waals surface area contributed by atoms with Gasteiger partial charge in [0.2, 0.25) is 0 Å². The minimum absolute atomic E-state index is 0.131. The zero-order chi connectivity index (χ0) is 50.9. The third-order valence-corrected chi connectivity index (χ3v) is 14.7. The van der Waals surface area contributed by atoms with Crippen LogP contribution in [0.2, 0.25) is 0 Å². The standard InChI is InChI=1S/C64H66N6/c1-18-51-37(2)43-29-38(60(3,4)5)19-24-52(43)68(51)57-48(34-65)58(69-53-25-20-39(61(6,7)8)30-44(53)45-31-40(62(9,10)11)21-26-54(45)69)50(36-67)59(49(57)35-66)70-55-27-22-41(63(12,13)14)32-46(55)47-33-42(64(15,16)17)23-28-56(47)70/h18-33H,1H2,2-17H3. The zero-order valence-electron chi connectivity index (χ0n) is 44.1. The van der Waals surface area contributed by atoms with Crippen LogP contribution in [-0.2, 0) is 27.1 Å². The Bertz CT molecular complexity index is 3500. The van der Waals surface area contributed by atoms with Crippen LogP contribution in [0.5, 0.6) is 0 Å². The van der Waals surface area contributed by atoms with Crippen molar-refractivity contribution in [3.8, 4) is 35.3 Å². The lowest BCUT2D eigenvalue weighted by Crippen LogP contribution is -2.15. The van der Waals surface area contributed by atoms with Gasteiger partial charge in [0.15, 0.2) is 0 Å². The molecule has 6 aromatic carbocycles. The van der Waals surface area contributed by atoms with E-state index in [4.69, 9.17) is 0 Å². The van der Waals surface area contributed by atoms with Gasteiger partial charge in [0.05, 0.1) is 44.6 Å². The van der Waals surface area contributed by atoms with Gasteiger partial charge in [-0.1, -0.05) is 141 Å². The van der Waals surface area contributed by atoms with Crippen molar-refractivity contribution >= 4 is 60.6 Å². The van der Waals surface area contributed by atoms with Crippen molar-refractivity contribution in [2.75, 3.05) is 0 Å². The van der Waals surface area contributed by atoms with E-state index < -0.39 is 0 Å². The molecule has 0 radical (unpaired) electrons. The molecule has 9 aromatic rings. The molecule has 0 N–H and O–H groups in total. The number of nitrogens with zero attached hydrogens (tertiary/aromatic N) is 6. The fourth-order valence-corrected chi connectivity index (χ4v) is 10.5. The molecule has 0 aliphatic carbocycles. The molecule has 0 saturated heterocycles. The Balaban J connectivity index is 1.59. The summed E-state index contributed by atoms with van der Waals surface area (Å²) >= 11 is 0. The van der Waals surface area contributed by atoms with Crippen LogP contribution in [0.15, 0.2) is 97.6 Å². The van der Waals surface area contributed by atoms with E-state index in [1.54, 1.807) is 0 Å². The smallest absolute Gasteiger partial charge is 0.104 e. The predicted octanol–water partition coefficient (Wildman–Crippen LogP) is 16.9. The Morgan fingerprint density at radius 3 is 0.829 bits per heavy atom. The minimum atomic E-state index is -0.147. The molecule has 70 heavy (non-hydrogen) atoms. The van der Waals surface area contributed by atoms with Gasteiger partial charge in [0.1, 0.15) is 34.9 Å². The summed E-state index contributed by atoms with van der Waals surface area (Å²) in [5.74, 6) is 0. The van der Waals surface area contributed by atoms with E-state index in [1.807, 2.05) is 6.08 Å². The van der Waals surface area contributed by atoms with Crippen LogP contribution < -0.4 is 0 Å². The summed E-state index contributed by atoms with van der Waals surface area (Å²) in [6.45, 7) is 39.7. The maximum absolute atomic E-state index is 12.1. The summed E-state index contributed by atoms with van der Waals surface area (Å²) in [6, 6.07) is 40.9. The van der Waals surface area contributed by atoms with Gasteiger partial charge in [0, 0.05) is 32.6 Å². The molecule has 0 aliphatic rings. The summed E-state index contributed by atoms with van der Waals surface area (Å²) in [4.78, 5) is 0. The first kappa shape index (κ1) is 47.7. The van der Waals surface area contributed by atoms with Crippen molar-refractivity contribution in [2.45, 2.75) is 138 Å². The molecular weight excluding hydrogens is 853 g/mol. The second kappa shape index (κ2) is 15.9. The zero-order valence-corrected chi connectivity index (χ0v) is 44.1. The maximum Gasteiger partial charge on any atom is 0.104 e. The van der Waals surface area contributed by atoms with Gasteiger partial charge in [-0.15, -0.1) is 0 Å². The molecule has 0 bridgehead atoms. The van der Waals surface area contributed by atoms with Crippen LogP contribution in [0, 0.1) is 40.9 Å². The highest BCUT2D eigenvalue weighted by Gasteiger charge is 2.34. The molecule has 0 spiro atoms. The van der Waals surface area contributed by atoms with E-state index in [1.165, 1.54) is 27.8 Å². The molecule has 6 heteroatoms. The lowest BCUT2D eigenvalue weighted by molar-refractivity contribution is 0.590. The van der Waals surface area contributed by atoms with Gasteiger partial charge in [-0.2, -0.15) is 15.8 Å². The maximum atomic E-state index is 12.1. The van der Waals surface area contributed by atoms with Crippen LogP contribution in [0.1, 0.15) is 160 Å². The number of hydrogen-bond donors (Lipinski definition) is 0. The molecule has 0 saturated carbocycles. The van der Waals surface area contributed by atoms with Gasteiger partial charge >= 0.3 is 0 Å². The molecule has 0 fully saturated rings. The van der Waals surface area contributed by atoms with E-state index in [0.717, 1.165) is 65.8 Å². The second-order valence-corrected chi connectivity index (χ2v) is 24.6.